The number of rotatable bonds is 10. The highest BCUT2D eigenvalue weighted by molar-refractivity contribution is 14.0. The lowest BCUT2D eigenvalue weighted by Crippen LogP contribution is -2.43. The summed E-state index contributed by atoms with van der Waals surface area (Å²) in [7, 11) is 3.51. The molecule has 1 aliphatic carbocycles. The zero-order valence-electron chi connectivity index (χ0n) is 18.2. The molecule has 2 fully saturated rings. The molecular weight excluding hydrogens is 493 g/mol. The van der Waals surface area contributed by atoms with Crippen LogP contribution >= 0.6 is 24.0 Å². The molecule has 1 amide bonds. The lowest BCUT2D eigenvalue weighted by Gasteiger charge is -2.30. The number of guanidine groups is 1. The van der Waals surface area contributed by atoms with Crippen molar-refractivity contribution in [2.45, 2.75) is 50.6 Å². The average molecular weight is 529 g/mol. The fraction of sp³-hybridized carbons (Fsp3) is 0.636. The number of amides is 1. The Kier molecular flexibility index (Phi) is 10.7. The summed E-state index contributed by atoms with van der Waals surface area (Å²) in [4.78, 5) is 18.6. The Hall–Kier alpha value is -1.55. The Morgan fingerprint density at radius 2 is 1.97 bits per heavy atom. The van der Waals surface area contributed by atoms with E-state index in [0.717, 1.165) is 57.2 Å². The molecule has 7 nitrogen and oxygen atoms in total. The molecule has 0 radical (unpaired) electrons. The number of carbonyl (C=O) groups excluding carboxylic acids is 1. The summed E-state index contributed by atoms with van der Waals surface area (Å²) in [5.41, 5.74) is 1.21. The number of halogens is 1. The van der Waals surface area contributed by atoms with Crippen LogP contribution in [-0.4, -0.2) is 63.1 Å². The van der Waals surface area contributed by atoms with Gasteiger partial charge in [0.25, 0.3) is 0 Å². The zero-order valence-corrected chi connectivity index (χ0v) is 20.5. The molecule has 1 aliphatic heterocycles. The van der Waals surface area contributed by atoms with Gasteiger partial charge in [-0.25, -0.2) is 0 Å². The third-order valence-corrected chi connectivity index (χ3v) is 5.58. The van der Waals surface area contributed by atoms with Crippen molar-refractivity contribution in [3.8, 4) is 5.75 Å². The van der Waals surface area contributed by atoms with Crippen molar-refractivity contribution in [1.29, 1.82) is 0 Å². The minimum atomic E-state index is 0. The fourth-order valence-corrected chi connectivity index (χ4v) is 3.83. The van der Waals surface area contributed by atoms with Crippen LogP contribution in [0.2, 0.25) is 0 Å². The molecule has 168 valence electrons. The van der Waals surface area contributed by atoms with Gasteiger partial charge in [-0.2, -0.15) is 0 Å². The van der Waals surface area contributed by atoms with Crippen LogP contribution in [-0.2, 0) is 4.79 Å². The van der Waals surface area contributed by atoms with Gasteiger partial charge in [0, 0.05) is 38.2 Å². The van der Waals surface area contributed by atoms with E-state index in [1.807, 2.05) is 12.1 Å². The number of para-hydroxylation sites is 1. The molecule has 8 heteroatoms. The second-order valence-electron chi connectivity index (χ2n) is 7.83. The highest BCUT2D eigenvalue weighted by atomic mass is 127. The number of hydrogen-bond donors (Lipinski definition) is 3. The number of likely N-dealkylation sites (tertiary alicyclic amines) is 1. The molecule has 1 saturated heterocycles. The Morgan fingerprint density at radius 1 is 1.23 bits per heavy atom. The number of benzene rings is 1. The number of nitrogens with zero attached hydrogens (tertiary/aromatic N) is 2. The second-order valence-corrected chi connectivity index (χ2v) is 7.83. The van der Waals surface area contributed by atoms with Gasteiger partial charge in [0.05, 0.1) is 13.2 Å². The summed E-state index contributed by atoms with van der Waals surface area (Å²) in [5.74, 6) is 1.85. The number of carbonyl (C=O) groups is 1. The minimum Gasteiger partial charge on any atom is -0.496 e. The van der Waals surface area contributed by atoms with E-state index in [1.54, 1.807) is 14.2 Å². The largest absolute Gasteiger partial charge is 0.496 e. The van der Waals surface area contributed by atoms with Crippen LogP contribution in [0.4, 0.5) is 0 Å². The van der Waals surface area contributed by atoms with E-state index in [1.165, 1.54) is 18.4 Å². The molecule has 1 atom stereocenters. The third-order valence-electron chi connectivity index (χ3n) is 5.58. The molecular formula is C22H36IN5O2. The molecule has 3 N–H and O–H groups in total. The molecule has 0 spiro atoms. The van der Waals surface area contributed by atoms with Crippen LogP contribution in [0.3, 0.4) is 0 Å². The number of aliphatic imine (C=N–C) groups is 1. The molecule has 30 heavy (non-hydrogen) atoms. The van der Waals surface area contributed by atoms with Gasteiger partial charge in [0.1, 0.15) is 5.75 Å². The maximum Gasteiger partial charge on any atom is 0.220 e. The SMILES string of the molecule is CN=C(NCCCC(=O)NC1CC1)NCC(c1ccccc1OC)N1CCCC1.I. The molecule has 1 heterocycles. The molecule has 3 rings (SSSR count). The van der Waals surface area contributed by atoms with Crippen LogP contribution in [0.5, 0.6) is 5.75 Å². The maximum absolute atomic E-state index is 11.8. The van der Waals surface area contributed by atoms with Gasteiger partial charge in [0.15, 0.2) is 5.96 Å². The number of nitrogens with one attached hydrogen (secondary N) is 3. The van der Waals surface area contributed by atoms with Crippen molar-refractivity contribution in [1.82, 2.24) is 20.9 Å². The van der Waals surface area contributed by atoms with Gasteiger partial charge >= 0.3 is 0 Å². The van der Waals surface area contributed by atoms with Crippen molar-refractivity contribution < 1.29 is 9.53 Å². The number of ether oxygens (including phenoxy) is 1. The van der Waals surface area contributed by atoms with Crippen LogP contribution in [0.1, 0.15) is 50.1 Å². The first kappa shape index (κ1) is 24.7. The molecule has 1 unspecified atom stereocenters. The smallest absolute Gasteiger partial charge is 0.220 e. The van der Waals surface area contributed by atoms with Gasteiger partial charge in [-0.3, -0.25) is 14.7 Å². The van der Waals surface area contributed by atoms with Gasteiger partial charge in [-0.15, -0.1) is 24.0 Å². The number of hydrogen-bond acceptors (Lipinski definition) is 4. The summed E-state index contributed by atoms with van der Waals surface area (Å²) in [6, 6.07) is 8.92. The summed E-state index contributed by atoms with van der Waals surface area (Å²) in [6.07, 6.45) is 6.08. The van der Waals surface area contributed by atoms with Crippen LogP contribution in [0, 0.1) is 0 Å². The quantitative estimate of drug-likeness (QED) is 0.188. The summed E-state index contributed by atoms with van der Waals surface area (Å²) in [6.45, 7) is 3.68. The molecule has 1 saturated carbocycles. The van der Waals surface area contributed by atoms with E-state index in [9.17, 15) is 4.79 Å². The fourth-order valence-electron chi connectivity index (χ4n) is 3.83. The monoisotopic (exact) mass is 529 g/mol. The Morgan fingerprint density at radius 3 is 2.63 bits per heavy atom. The normalized spacial score (nSPS) is 17.7. The predicted octanol–water partition coefficient (Wildman–Crippen LogP) is 2.67. The summed E-state index contributed by atoms with van der Waals surface area (Å²) in [5, 5.41) is 9.82. The minimum absolute atomic E-state index is 0. The maximum atomic E-state index is 11.8. The molecule has 0 aromatic heterocycles. The van der Waals surface area contributed by atoms with Crippen LogP contribution in [0.25, 0.3) is 0 Å². The van der Waals surface area contributed by atoms with Crippen molar-refractivity contribution in [2.24, 2.45) is 4.99 Å². The first-order valence-electron chi connectivity index (χ1n) is 10.8. The van der Waals surface area contributed by atoms with Crippen molar-refractivity contribution in [2.75, 3.05) is 40.3 Å². The standard InChI is InChI=1S/C22H35N5O2.HI/c1-23-22(24-13-7-10-21(28)26-17-11-12-17)25-16-19(27-14-5-6-15-27)18-8-3-4-9-20(18)29-2;/h3-4,8-9,17,19H,5-7,10-16H2,1-2H3,(H,26,28)(H2,23,24,25);1H. The van der Waals surface area contributed by atoms with Gasteiger partial charge in [-0.05, 0) is 51.3 Å². The van der Waals surface area contributed by atoms with Crippen molar-refractivity contribution in [3.63, 3.8) is 0 Å². The van der Waals surface area contributed by atoms with Crippen molar-refractivity contribution in [3.05, 3.63) is 29.8 Å². The van der Waals surface area contributed by atoms with E-state index in [-0.39, 0.29) is 35.9 Å². The highest BCUT2D eigenvalue weighted by Gasteiger charge is 2.26. The van der Waals surface area contributed by atoms with E-state index in [4.69, 9.17) is 4.74 Å². The lowest BCUT2D eigenvalue weighted by molar-refractivity contribution is -0.121. The highest BCUT2D eigenvalue weighted by Crippen LogP contribution is 2.31. The predicted molar refractivity (Wildman–Crippen MR) is 132 cm³/mol. The summed E-state index contributed by atoms with van der Waals surface area (Å²) >= 11 is 0. The molecule has 2 aliphatic rings. The topological polar surface area (TPSA) is 78.0 Å². The summed E-state index contributed by atoms with van der Waals surface area (Å²) < 4.78 is 5.61. The lowest BCUT2D eigenvalue weighted by atomic mass is 10.0. The van der Waals surface area contributed by atoms with E-state index >= 15 is 0 Å². The van der Waals surface area contributed by atoms with Crippen molar-refractivity contribution >= 4 is 35.8 Å². The average Bonchev–Trinajstić information content (AvgIpc) is 3.39. The molecule has 1 aromatic carbocycles. The van der Waals surface area contributed by atoms with Gasteiger partial charge < -0.3 is 20.7 Å². The van der Waals surface area contributed by atoms with Gasteiger partial charge in [0.2, 0.25) is 5.91 Å². The number of methoxy groups -OCH3 is 1. The first-order chi connectivity index (χ1) is 14.2. The Bertz CT molecular complexity index is 690. The van der Waals surface area contributed by atoms with Crippen LogP contribution in [0.15, 0.2) is 29.3 Å². The third kappa shape index (κ3) is 7.61. The van der Waals surface area contributed by atoms with E-state index < -0.39 is 0 Å². The first-order valence-corrected chi connectivity index (χ1v) is 10.8. The second kappa shape index (κ2) is 13.0. The van der Waals surface area contributed by atoms with Crippen LogP contribution < -0.4 is 20.7 Å². The van der Waals surface area contributed by atoms with E-state index in [0.29, 0.717) is 12.5 Å². The van der Waals surface area contributed by atoms with E-state index in [2.05, 4.69) is 38.0 Å². The molecule has 0 bridgehead atoms. The Balaban J connectivity index is 0.00000320. The van der Waals surface area contributed by atoms with Gasteiger partial charge in [-0.1, -0.05) is 18.2 Å². The zero-order chi connectivity index (χ0) is 20.5. The Labute approximate surface area is 197 Å². The molecule has 1 aromatic rings.